The lowest BCUT2D eigenvalue weighted by atomic mass is 10.2. The van der Waals surface area contributed by atoms with E-state index in [2.05, 4.69) is 26.3 Å². The minimum atomic E-state index is -4.53. The van der Waals surface area contributed by atoms with Gasteiger partial charge in [-0.3, -0.25) is 0 Å². The van der Waals surface area contributed by atoms with Crippen LogP contribution in [-0.4, -0.2) is 16.5 Å². The second-order valence-corrected chi connectivity index (χ2v) is 6.49. The molecule has 0 amide bonds. The number of nitrogens with one attached hydrogen (secondary N) is 1. The summed E-state index contributed by atoms with van der Waals surface area (Å²) in [6.45, 7) is 0.787. The Kier molecular flexibility index (Phi) is 4.39. The Balaban J connectivity index is 1.61. The number of nitrogens with zero attached hydrogens (tertiary/aromatic N) is 3. The molecule has 1 aromatic heterocycles. The standard InChI is InChI=1S/C19H14ClF3N4/c20-15-6-5-13(11-14(15)19(21,22)23)25-18-24-9-7-17(26-18)27-10-8-12-3-1-2-4-16(12)27/h1-7,9,11H,8,10H2,(H,24,25,26). The molecule has 0 saturated carbocycles. The molecule has 2 heterocycles. The van der Waals surface area contributed by atoms with Crippen molar-refractivity contribution in [2.24, 2.45) is 0 Å². The van der Waals surface area contributed by atoms with E-state index in [4.69, 9.17) is 11.6 Å². The molecular weight excluding hydrogens is 377 g/mol. The van der Waals surface area contributed by atoms with E-state index in [0.717, 1.165) is 24.7 Å². The molecular formula is C19H14ClF3N4. The van der Waals surface area contributed by atoms with Crippen molar-refractivity contribution in [3.8, 4) is 0 Å². The molecule has 1 aliphatic heterocycles. The molecule has 1 aliphatic rings. The highest BCUT2D eigenvalue weighted by molar-refractivity contribution is 6.31. The highest BCUT2D eigenvalue weighted by Gasteiger charge is 2.33. The number of benzene rings is 2. The first-order chi connectivity index (χ1) is 12.9. The summed E-state index contributed by atoms with van der Waals surface area (Å²) in [6, 6.07) is 13.4. The summed E-state index contributed by atoms with van der Waals surface area (Å²) < 4.78 is 39.1. The zero-order chi connectivity index (χ0) is 19.0. The maximum absolute atomic E-state index is 13.0. The van der Waals surface area contributed by atoms with Crippen molar-refractivity contribution in [2.45, 2.75) is 12.6 Å². The first-order valence-electron chi connectivity index (χ1n) is 8.24. The summed E-state index contributed by atoms with van der Waals surface area (Å²) >= 11 is 5.66. The van der Waals surface area contributed by atoms with Gasteiger partial charge in [0.05, 0.1) is 10.6 Å². The third-order valence-electron chi connectivity index (χ3n) is 4.33. The second kappa shape index (κ2) is 6.74. The number of anilines is 4. The van der Waals surface area contributed by atoms with Crippen LogP contribution in [0.4, 0.5) is 36.3 Å². The topological polar surface area (TPSA) is 41.1 Å². The number of hydrogen-bond acceptors (Lipinski definition) is 4. The lowest BCUT2D eigenvalue weighted by molar-refractivity contribution is -0.137. The van der Waals surface area contributed by atoms with Gasteiger partial charge in [0.25, 0.3) is 0 Å². The van der Waals surface area contributed by atoms with Crippen molar-refractivity contribution in [3.05, 3.63) is 70.9 Å². The normalized spacial score (nSPS) is 13.6. The Morgan fingerprint density at radius 2 is 1.89 bits per heavy atom. The van der Waals surface area contributed by atoms with Gasteiger partial charge in [-0.25, -0.2) is 4.98 Å². The Labute approximate surface area is 158 Å². The monoisotopic (exact) mass is 390 g/mol. The zero-order valence-electron chi connectivity index (χ0n) is 14.0. The van der Waals surface area contributed by atoms with Crippen LogP contribution < -0.4 is 10.2 Å². The van der Waals surface area contributed by atoms with Gasteiger partial charge in [-0.15, -0.1) is 0 Å². The van der Waals surface area contributed by atoms with E-state index in [1.807, 2.05) is 18.2 Å². The quantitative estimate of drug-likeness (QED) is 0.633. The molecule has 0 unspecified atom stereocenters. The van der Waals surface area contributed by atoms with Crippen LogP contribution in [0.2, 0.25) is 5.02 Å². The molecule has 0 saturated heterocycles. The van der Waals surface area contributed by atoms with E-state index < -0.39 is 11.7 Å². The summed E-state index contributed by atoms with van der Waals surface area (Å²) in [6.07, 6.45) is -2.04. The Morgan fingerprint density at radius 1 is 1.07 bits per heavy atom. The summed E-state index contributed by atoms with van der Waals surface area (Å²) in [5, 5.41) is 2.47. The third kappa shape index (κ3) is 3.55. The smallest absolute Gasteiger partial charge is 0.326 e. The fourth-order valence-corrected chi connectivity index (χ4v) is 3.31. The highest BCUT2D eigenvalue weighted by atomic mass is 35.5. The van der Waals surface area contributed by atoms with Crippen molar-refractivity contribution >= 4 is 34.7 Å². The SMILES string of the molecule is FC(F)(F)c1cc(Nc2nccc(N3CCc4ccccc43)n2)ccc1Cl. The molecule has 0 fully saturated rings. The molecule has 2 aromatic carbocycles. The third-order valence-corrected chi connectivity index (χ3v) is 4.66. The predicted octanol–water partition coefficient (Wildman–Crippen LogP) is 5.59. The van der Waals surface area contributed by atoms with Crippen LogP contribution in [0.3, 0.4) is 0 Å². The zero-order valence-corrected chi connectivity index (χ0v) is 14.7. The van der Waals surface area contributed by atoms with Gasteiger partial charge in [0.15, 0.2) is 0 Å². The van der Waals surface area contributed by atoms with Crippen molar-refractivity contribution in [1.29, 1.82) is 0 Å². The molecule has 27 heavy (non-hydrogen) atoms. The average Bonchev–Trinajstić information content (AvgIpc) is 3.07. The van der Waals surface area contributed by atoms with Crippen molar-refractivity contribution < 1.29 is 13.2 Å². The summed E-state index contributed by atoms with van der Waals surface area (Å²) in [5.41, 5.74) is 1.62. The van der Waals surface area contributed by atoms with E-state index in [1.165, 1.54) is 17.7 Å². The number of rotatable bonds is 3. The van der Waals surface area contributed by atoms with Crippen molar-refractivity contribution in [2.75, 3.05) is 16.8 Å². The molecule has 0 radical (unpaired) electrons. The van der Waals surface area contributed by atoms with Gasteiger partial charge in [-0.05, 0) is 42.3 Å². The fraction of sp³-hybridized carbons (Fsp3) is 0.158. The van der Waals surface area contributed by atoms with E-state index in [0.29, 0.717) is 5.82 Å². The first-order valence-corrected chi connectivity index (χ1v) is 8.62. The molecule has 8 heteroatoms. The van der Waals surface area contributed by atoms with Gasteiger partial charge in [-0.2, -0.15) is 18.2 Å². The van der Waals surface area contributed by atoms with Crippen LogP contribution in [0.5, 0.6) is 0 Å². The van der Waals surface area contributed by atoms with Crippen LogP contribution in [0.25, 0.3) is 0 Å². The maximum Gasteiger partial charge on any atom is 0.417 e. The molecule has 0 spiro atoms. The lowest BCUT2D eigenvalue weighted by Crippen LogP contribution is -2.15. The van der Waals surface area contributed by atoms with Crippen LogP contribution in [0, 0.1) is 0 Å². The Hall–Kier alpha value is -2.80. The van der Waals surface area contributed by atoms with Crippen LogP contribution in [0.1, 0.15) is 11.1 Å². The molecule has 0 atom stereocenters. The number of halogens is 4. The summed E-state index contributed by atoms with van der Waals surface area (Å²) in [5.74, 6) is 0.898. The van der Waals surface area contributed by atoms with Crippen molar-refractivity contribution in [3.63, 3.8) is 0 Å². The molecule has 0 bridgehead atoms. The van der Waals surface area contributed by atoms with Crippen LogP contribution >= 0.6 is 11.6 Å². The number of alkyl halides is 3. The molecule has 3 aromatic rings. The van der Waals surface area contributed by atoms with Gasteiger partial charge in [0.2, 0.25) is 5.95 Å². The predicted molar refractivity (Wildman–Crippen MR) is 98.9 cm³/mol. The van der Waals surface area contributed by atoms with Crippen LogP contribution in [0.15, 0.2) is 54.7 Å². The largest absolute Gasteiger partial charge is 0.417 e. The van der Waals surface area contributed by atoms with E-state index in [1.54, 1.807) is 12.3 Å². The van der Waals surface area contributed by atoms with E-state index in [9.17, 15) is 13.2 Å². The van der Waals surface area contributed by atoms with Gasteiger partial charge >= 0.3 is 6.18 Å². The minimum absolute atomic E-state index is 0.214. The average molecular weight is 391 g/mol. The first kappa shape index (κ1) is 17.6. The summed E-state index contributed by atoms with van der Waals surface area (Å²) in [4.78, 5) is 10.6. The van der Waals surface area contributed by atoms with Gasteiger partial charge in [0, 0.05) is 24.1 Å². The molecule has 4 rings (SSSR count). The molecule has 4 nitrogen and oxygen atoms in total. The number of hydrogen-bond donors (Lipinski definition) is 1. The van der Waals surface area contributed by atoms with Gasteiger partial charge in [0.1, 0.15) is 5.82 Å². The fourth-order valence-electron chi connectivity index (χ4n) is 3.09. The number of fused-ring (bicyclic) bond motifs is 1. The molecule has 1 N–H and O–H groups in total. The van der Waals surface area contributed by atoms with E-state index >= 15 is 0 Å². The highest BCUT2D eigenvalue weighted by Crippen LogP contribution is 2.37. The number of para-hydroxylation sites is 1. The second-order valence-electron chi connectivity index (χ2n) is 6.09. The summed E-state index contributed by atoms with van der Waals surface area (Å²) in [7, 11) is 0. The minimum Gasteiger partial charge on any atom is -0.326 e. The maximum atomic E-state index is 13.0. The molecule has 0 aliphatic carbocycles. The van der Waals surface area contributed by atoms with Crippen LogP contribution in [-0.2, 0) is 12.6 Å². The lowest BCUT2D eigenvalue weighted by Gasteiger charge is -2.19. The Bertz CT molecular complexity index is 991. The van der Waals surface area contributed by atoms with Gasteiger partial charge in [-0.1, -0.05) is 29.8 Å². The molecule has 138 valence electrons. The Morgan fingerprint density at radius 3 is 2.70 bits per heavy atom. The number of aromatic nitrogens is 2. The van der Waals surface area contributed by atoms with E-state index in [-0.39, 0.29) is 16.7 Å². The van der Waals surface area contributed by atoms with Crippen molar-refractivity contribution in [1.82, 2.24) is 9.97 Å². The van der Waals surface area contributed by atoms with Gasteiger partial charge < -0.3 is 10.2 Å².